The van der Waals surface area contributed by atoms with E-state index in [1.165, 1.54) is 12.1 Å². The smallest absolute Gasteiger partial charge is 0.309 e. The van der Waals surface area contributed by atoms with Crippen LogP contribution in [0.25, 0.3) is 0 Å². The summed E-state index contributed by atoms with van der Waals surface area (Å²) in [4.78, 5) is 37.8. The molecule has 1 heterocycles. The normalized spacial score (nSPS) is 22.4. The Hall–Kier alpha value is -2.64. The average Bonchev–Trinajstić information content (AvgIpc) is 3.36. The van der Waals surface area contributed by atoms with E-state index in [0.29, 0.717) is 32.1 Å². The second-order valence-electron chi connectivity index (χ2n) is 6.57. The number of hydrogen-bond acceptors (Lipinski definition) is 6. The third kappa shape index (κ3) is 4.07. The van der Waals surface area contributed by atoms with Crippen LogP contribution in [0.15, 0.2) is 24.3 Å². The summed E-state index contributed by atoms with van der Waals surface area (Å²) < 4.78 is 5.09. The first kappa shape index (κ1) is 17.2. The van der Waals surface area contributed by atoms with E-state index in [-0.39, 0.29) is 30.1 Å². The van der Waals surface area contributed by atoms with Gasteiger partial charge in [-0.3, -0.25) is 19.7 Å². The van der Waals surface area contributed by atoms with E-state index >= 15 is 0 Å². The van der Waals surface area contributed by atoms with Gasteiger partial charge in [-0.25, -0.2) is 0 Å². The van der Waals surface area contributed by atoms with Crippen molar-refractivity contribution in [2.24, 2.45) is 11.8 Å². The second kappa shape index (κ2) is 7.08. The lowest BCUT2D eigenvalue weighted by molar-refractivity contribution is -0.384. The summed E-state index contributed by atoms with van der Waals surface area (Å²) in [6, 6.07) is 6.39. The molecule has 1 aliphatic carbocycles. The van der Waals surface area contributed by atoms with Gasteiger partial charge in [-0.05, 0) is 24.5 Å². The third-order valence-electron chi connectivity index (χ3n) is 4.81. The number of esters is 1. The summed E-state index contributed by atoms with van der Waals surface area (Å²) in [5.74, 6) is -0.116. The van der Waals surface area contributed by atoms with E-state index in [2.05, 4.69) is 4.90 Å². The number of benzene rings is 1. The lowest BCUT2D eigenvalue weighted by Gasteiger charge is -2.36. The van der Waals surface area contributed by atoms with E-state index in [9.17, 15) is 19.7 Å². The van der Waals surface area contributed by atoms with Crippen molar-refractivity contribution in [1.29, 1.82) is 0 Å². The summed E-state index contributed by atoms with van der Waals surface area (Å²) in [6.45, 7) is 4.14. The molecular formula is C17H21N3O5. The fourth-order valence-corrected chi connectivity index (χ4v) is 2.98. The van der Waals surface area contributed by atoms with Crippen molar-refractivity contribution in [3.63, 3.8) is 0 Å². The number of carbonyl (C=O) groups excluding carboxylic acids is 2. The average molecular weight is 347 g/mol. The lowest BCUT2D eigenvalue weighted by Crippen LogP contribution is -2.50. The van der Waals surface area contributed by atoms with Crippen molar-refractivity contribution < 1.29 is 19.2 Å². The number of amides is 1. The van der Waals surface area contributed by atoms with E-state index in [0.717, 1.165) is 12.1 Å². The Morgan fingerprint density at radius 1 is 1.20 bits per heavy atom. The van der Waals surface area contributed by atoms with Crippen molar-refractivity contribution in [2.45, 2.75) is 13.3 Å². The number of piperazine rings is 1. The van der Waals surface area contributed by atoms with Crippen LogP contribution in [0.2, 0.25) is 0 Å². The number of nitrogens with zero attached hydrogens (tertiary/aromatic N) is 3. The monoisotopic (exact) mass is 347 g/mol. The predicted molar refractivity (Wildman–Crippen MR) is 90.1 cm³/mol. The van der Waals surface area contributed by atoms with Crippen LogP contribution in [0.4, 0.5) is 11.4 Å². The lowest BCUT2D eigenvalue weighted by atomic mass is 10.2. The Bertz CT molecular complexity index is 667. The standard InChI is InChI=1S/C17H21N3O5/c1-12-10-15(12)17(22)25-11-16(21)19-8-6-18(7-9-19)13-2-4-14(5-3-13)20(23)24/h2-5,12,15H,6-11H2,1H3/t12-,15+/m0/s1. The quantitative estimate of drug-likeness (QED) is 0.455. The van der Waals surface area contributed by atoms with Crippen molar-refractivity contribution in [3.05, 3.63) is 34.4 Å². The number of anilines is 1. The van der Waals surface area contributed by atoms with E-state index in [1.54, 1.807) is 17.0 Å². The highest BCUT2D eigenvalue weighted by Gasteiger charge is 2.40. The molecule has 1 aliphatic heterocycles. The van der Waals surface area contributed by atoms with Crippen LogP contribution < -0.4 is 4.90 Å². The summed E-state index contributed by atoms with van der Waals surface area (Å²) in [5.41, 5.74) is 0.955. The maximum absolute atomic E-state index is 12.1. The Balaban J connectivity index is 1.45. The van der Waals surface area contributed by atoms with Crippen LogP contribution in [-0.4, -0.2) is 54.5 Å². The van der Waals surface area contributed by atoms with Gasteiger partial charge in [-0.1, -0.05) is 6.92 Å². The van der Waals surface area contributed by atoms with Crippen molar-refractivity contribution in [3.8, 4) is 0 Å². The topological polar surface area (TPSA) is 93.0 Å². The zero-order valence-corrected chi connectivity index (χ0v) is 14.1. The zero-order valence-electron chi connectivity index (χ0n) is 14.1. The van der Waals surface area contributed by atoms with E-state index < -0.39 is 4.92 Å². The highest BCUT2D eigenvalue weighted by atomic mass is 16.6. The van der Waals surface area contributed by atoms with Gasteiger partial charge in [0, 0.05) is 44.0 Å². The number of nitro groups is 1. The molecule has 1 amide bonds. The van der Waals surface area contributed by atoms with Gasteiger partial charge in [0.05, 0.1) is 10.8 Å². The van der Waals surface area contributed by atoms with Gasteiger partial charge < -0.3 is 14.5 Å². The minimum atomic E-state index is -0.427. The Kier molecular flexibility index (Phi) is 4.87. The molecule has 0 N–H and O–H groups in total. The molecule has 0 spiro atoms. The number of ether oxygens (including phenoxy) is 1. The molecule has 2 atom stereocenters. The van der Waals surface area contributed by atoms with Gasteiger partial charge >= 0.3 is 5.97 Å². The number of carbonyl (C=O) groups is 2. The summed E-state index contributed by atoms with van der Waals surface area (Å²) >= 11 is 0. The molecule has 8 nitrogen and oxygen atoms in total. The molecule has 0 aromatic heterocycles. The first-order valence-corrected chi connectivity index (χ1v) is 8.39. The largest absolute Gasteiger partial charge is 0.455 e. The number of hydrogen-bond donors (Lipinski definition) is 0. The first-order valence-electron chi connectivity index (χ1n) is 8.39. The molecule has 0 bridgehead atoms. The number of non-ortho nitro benzene ring substituents is 1. The molecule has 0 unspecified atom stereocenters. The highest BCUT2D eigenvalue weighted by Crippen LogP contribution is 2.38. The van der Waals surface area contributed by atoms with Crippen LogP contribution in [0.5, 0.6) is 0 Å². The number of rotatable bonds is 5. The summed E-state index contributed by atoms with van der Waals surface area (Å²) in [6.07, 6.45) is 0.848. The molecule has 1 saturated carbocycles. The molecule has 1 aromatic rings. The maximum Gasteiger partial charge on any atom is 0.309 e. The molecular weight excluding hydrogens is 326 g/mol. The van der Waals surface area contributed by atoms with E-state index in [1.807, 2.05) is 6.92 Å². The molecule has 1 saturated heterocycles. The van der Waals surface area contributed by atoms with Gasteiger partial charge in [0.25, 0.3) is 11.6 Å². The maximum atomic E-state index is 12.1. The Labute approximate surface area is 145 Å². The van der Waals surface area contributed by atoms with E-state index in [4.69, 9.17) is 4.74 Å². The predicted octanol–water partition coefficient (Wildman–Crippen LogP) is 1.44. The number of nitro benzene ring substituents is 1. The van der Waals surface area contributed by atoms with Gasteiger partial charge in [-0.15, -0.1) is 0 Å². The van der Waals surface area contributed by atoms with Crippen LogP contribution in [0.3, 0.4) is 0 Å². The van der Waals surface area contributed by atoms with Crippen molar-refractivity contribution >= 4 is 23.3 Å². The molecule has 3 rings (SSSR count). The Morgan fingerprint density at radius 3 is 2.32 bits per heavy atom. The molecule has 8 heteroatoms. The summed E-state index contributed by atoms with van der Waals surface area (Å²) in [7, 11) is 0. The highest BCUT2D eigenvalue weighted by molar-refractivity contribution is 5.82. The fourth-order valence-electron chi connectivity index (χ4n) is 2.98. The first-order chi connectivity index (χ1) is 12.0. The van der Waals surface area contributed by atoms with Gasteiger partial charge in [0.1, 0.15) is 0 Å². The Morgan fingerprint density at radius 2 is 1.80 bits per heavy atom. The minimum absolute atomic E-state index is 0.0354. The summed E-state index contributed by atoms with van der Waals surface area (Å²) in [5, 5.41) is 10.7. The van der Waals surface area contributed by atoms with Crippen molar-refractivity contribution in [2.75, 3.05) is 37.7 Å². The van der Waals surface area contributed by atoms with Crippen LogP contribution in [0, 0.1) is 22.0 Å². The van der Waals surface area contributed by atoms with Crippen LogP contribution in [0.1, 0.15) is 13.3 Å². The van der Waals surface area contributed by atoms with Gasteiger partial charge in [0.15, 0.2) is 6.61 Å². The molecule has 134 valence electrons. The molecule has 25 heavy (non-hydrogen) atoms. The molecule has 2 fully saturated rings. The zero-order chi connectivity index (χ0) is 18.0. The SMILES string of the molecule is C[C@H]1C[C@H]1C(=O)OCC(=O)N1CCN(c2ccc([N+](=O)[O-])cc2)CC1. The fraction of sp³-hybridized carbons (Fsp3) is 0.529. The second-order valence-corrected chi connectivity index (χ2v) is 6.57. The third-order valence-corrected chi connectivity index (χ3v) is 4.81. The minimum Gasteiger partial charge on any atom is -0.455 e. The van der Waals surface area contributed by atoms with Gasteiger partial charge in [-0.2, -0.15) is 0 Å². The van der Waals surface area contributed by atoms with Gasteiger partial charge in [0.2, 0.25) is 0 Å². The molecule has 2 aliphatic rings. The molecule has 0 radical (unpaired) electrons. The van der Waals surface area contributed by atoms with Crippen LogP contribution >= 0.6 is 0 Å². The molecule has 1 aromatic carbocycles. The van der Waals surface area contributed by atoms with Crippen LogP contribution in [-0.2, 0) is 14.3 Å². The van der Waals surface area contributed by atoms with Crippen molar-refractivity contribution in [1.82, 2.24) is 4.90 Å².